The number of benzene rings is 2. The summed E-state index contributed by atoms with van der Waals surface area (Å²) in [5.41, 5.74) is 6.46. The van der Waals surface area contributed by atoms with Gasteiger partial charge in [0.15, 0.2) is 0 Å². The van der Waals surface area contributed by atoms with Crippen molar-refractivity contribution >= 4 is 11.8 Å². The summed E-state index contributed by atoms with van der Waals surface area (Å²) in [7, 11) is 0. The van der Waals surface area contributed by atoms with Crippen LogP contribution in [-0.2, 0) is 6.61 Å². The zero-order valence-corrected chi connectivity index (χ0v) is 13.9. The second-order valence-electron chi connectivity index (χ2n) is 5.45. The highest BCUT2D eigenvalue weighted by Crippen LogP contribution is 2.12. The van der Waals surface area contributed by atoms with Gasteiger partial charge in [-0.15, -0.1) is 0 Å². The molecular formula is C20H17N3O3. The van der Waals surface area contributed by atoms with E-state index in [2.05, 4.69) is 15.8 Å². The van der Waals surface area contributed by atoms with E-state index < -0.39 is 11.8 Å². The number of pyridine rings is 1. The van der Waals surface area contributed by atoms with Gasteiger partial charge in [0.05, 0.1) is 5.56 Å². The monoisotopic (exact) mass is 347 g/mol. The Hall–Kier alpha value is -3.67. The Bertz CT molecular complexity index is 866. The topological polar surface area (TPSA) is 80.3 Å². The van der Waals surface area contributed by atoms with Gasteiger partial charge in [0.1, 0.15) is 12.4 Å². The summed E-state index contributed by atoms with van der Waals surface area (Å²) in [5, 5.41) is 0. The summed E-state index contributed by atoms with van der Waals surface area (Å²) >= 11 is 0. The smallest absolute Gasteiger partial charge is 0.271 e. The maximum atomic E-state index is 12.1. The van der Waals surface area contributed by atoms with Crippen molar-refractivity contribution in [2.75, 3.05) is 0 Å². The van der Waals surface area contributed by atoms with Crippen molar-refractivity contribution in [2.24, 2.45) is 0 Å². The van der Waals surface area contributed by atoms with Crippen LogP contribution in [0.1, 0.15) is 26.3 Å². The zero-order valence-electron chi connectivity index (χ0n) is 13.9. The van der Waals surface area contributed by atoms with Crippen molar-refractivity contribution in [3.63, 3.8) is 0 Å². The third-order valence-electron chi connectivity index (χ3n) is 3.58. The molecule has 0 saturated carbocycles. The van der Waals surface area contributed by atoms with Crippen LogP contribution >= 0.6 is 0 Å². The number of carbonyl (C=O) groups is 2. The SMILES string of the molecule is O=C(NNC(=O)c1cccnc1)c1ccc(COc2ccccc2)cc1. The number of hydrogen-bond acceptors (Lipinski definition) is 4. The van der Waals surface area contributed by atoms with Gasteiger partial charge >= 0.3 is 0 Å². The number of para-hydroxylation sites is 1. The van der Waals surface area contributed by atoms with Crippen LogP contribution in [0.3, 0.4) is 0 Å². The molecule has 0 aliphatic rings. The number of rotatable bonds is 5. The number of amides is 2. The Balaban J connectivity index is 1.51. The van der Waals surface area contributed by atoms with E-state index in [1.807, 2.05) is 30.3 Å². The lowest BCUT2D eigenvalue weighted by Gasteiger charge is -2.09. The van der Waals surface area contributed by atoms with Crippen molar-refractivity contribution in [2.45, 2.75) is 6.61 Å². The average Bonchev–Trinajstić information content (AvgIpc) is 2.72. The number of ether oxygens (including phenoxy) is 1. The molecule has 6 nitrogen and oxygen atoms in total. The van der Waals surface area contributed by atoms with Gasteiger partial charge in [-0.2, -0.15) is 0 Å². The van der Waals surface area contributed by atoms with Crippen molar-refractivity contribution in [1.82, 2.24) is 15.8 Å². The van der Waals surface area contributed by atoms with E-state index in [-0.39, 0.29) is 0 Å². The molecule has 0 fully saturated rings. The van der Waals surface area contributed by atoms with Gasteiger partial charge in [0.25, 0.3) is 11.8 Å². The molecule has 0 bridgehead atoms. The molecule has 0 aliphatic heterocycles. The molecule has 2 amide bonds. The molecule has 2 aromatic carbocycles. The first-order valence-corrected chi connectivity index (χ1v) is 8.00. The summed E-state index contributed by atoms with van der Waals surface area (Å²) < 4.78 is 5.66. The quantitative estimate of drug-likeness (QED) is 0.696. The minimum Gasteiger partial charge on any atom is -0.489 e. The molecule has 1 heterocycles. The first kappa shape index (κ1) is 17.2. The van der Waals surface area contributed by atoms with Gasteiger partial charge in [0, 0.05) is 18.0 Å². The third kappa shape index (κ3) is 4.67. The first-order chi connectivity index (χ1) is 12.7. The lowest BCUT2D eigenvalue weighted by Crippen LogP contribution is -2.41. The molecule has 26 heavy (non-hydrogen) atoms. The molecule has 0 atom stereocenters. The first-order valence-electron chi connectivity index (χ1n) is 8.00. The van der Waals surface area contributed by atoms with Crippen LogP contribution in [0.15, 0.2) is 79.1 Å². The standard InChI is InChI=1S/C20H17N3O3/c24-19(22-23-20(25)17-5-4-12-21-13-17)16-10-8-15(9-11-16)14-26-18-6-2-1-3-7-18/h1-13H,14H2,(H,22,24)(H,23,25). The molecule has 3 aromatic rings. The molecular weight excluding hydrogens is 330 g/mol. The summed E-state index contributed by atoms with van der Waals surface area (Å²) in [5.74, 6) is -0.0514. The van der Waals surface area contributed by atoms with Crippen LogP contribution in [0.4, 0.5) is 0 Å². The van der Waals surface area contributed by atoms with Crippen LogP contribution in [0.5, 0.6) is 5.75 Å². The second kappa shape index (κ2) is 8.43. The van der Waals surface area contributed by atoms with Crippen molar-refractivity contribution in [1.29, 1.82) is 0 Å². The van der Waals surface area contributed by atoms with E-state index in [1.54, 1.807) is 42.6 Å². The van der Waals surface area contributed by atoms with Crippen LogP contribution < -0.4 is 15.6 Å². The van der Waals surface area contributed by atoms with Crippen LogP contribution in [0.25, 0.3) is 0 Å². The van der Waals surface area contributed by atoms with Gasteiger partial charge in [-0.3, -0.25) is 25.4 Å². The Kier molecular flexibility index (Phi) is 5.57. The number of aromatic nitrogens is 1. The summed E-state index contributed by atoms with van der Waals surface area (Å²) in [6, 6.07) is 19.7. The fourth-order valence-corrected chi connectivity index (χ4v) is 2.19. The molecule has 0 unspecified atom stereocenters. The van der Waals surface area contributed by atoms with E-state index in [0.29, 0.717) is 17.7 Å². The van der Waals surface area contributed by atoms with Gasteiger partial charge in [0.2, 0.25) is 0 Å². The Morgan fingerprint density at radius 2 is 1.50 bits per heavy atom. The van der Waals surface area contributed by atoms with E-state index in [9.17, 15) is 9.59 Å². The maximum Gasteiger partial charge on any atom is 0.271 e. The summed E-state index contributed by atoms with van der Waals surface area (Å²) in [6.45, 7) is 0.406. The third-order valence-corrected chi connectivity index (χ3v) is 3.58. The molecule has 0 saturated heterocycles. The lowest BCUT2D eigenvalue weighted by molar-refractivity contribution is 0.0846. The largest absolute Gasteiger partial charge is 0.489 e. The Labute approximate surface area is 150 Å². The van der Waals surface area contributed by atoms with Crippen LogP contribution in [0.2, 0.25) is 0 Å². The van der Waals surface area contributed by atoms with E-state index >= 15 is 0 Å². The average molecular weight is 347 g/mol. The second-order valence-corrected chi connectivity index (χ2v) is 5.45. The highest BCUT2D eigenvalue weighted by Gasteiger charge is 2.09. The minimum absolute atomic E-state index is 0.362. The highest BCUT2D eigenvalue weighted by atomic mass is 16.5. The van der Waals surface area contributed by atoms with Gasteiger partial charge < -0.3 is 4.74 Å². The summed E-state index contributed by atoms with van der Waals surface area (Å²) in [4.78, 5) is 27.8. The number of nitrogens with one attached hydrogen (secondary N) is 2. The molecule has 3 rings (SSSR count). The maximum absolute atomic E-state index is 12.1. The van der Waals surface area contributed by atoms with Crippen molar-refractivity contribution in [3.8, 4) is 5.75 Å². The predicted octanol–water partition coefficient (Wildman–Crippen LogP) is 2.74. The normalized spacial score (nSPS) is 10.0. The van der Waals surface area contributed by atoms with Crippen molar-refractivity contribution < 1.29 is 14.3 Å². The van der Waals surface area contributed by atoms with Crippen LogP contribution in [0, 0.1) is 0 Å². The van der Waals surface area contributed by atoms with Gasteiger partial charge in [-0.1, -0.05) is 30.3 Å². The number of hydrogen-bond donors (Lipinski definition) is 2. The Morgan fingerprint density at radius 1 is 0.808 bits per heavy atom. The van der Waals surface area contributed by atoms with Crippen LogP contribution in [-0.4, -0.2) is 16.8 Å². The number of hydrazine groups is 1. The van der Waals surface area contributed by atoms with Gasteiger partial charge in [-0.05, 0) is 42.0 Å². The molecule has 2 N–H and O–H groups in total. The molecule has 0 aliphatic carbocycles. The minimum atomic E-state index is -0.431. The predicted molar refractivity (Wildman–Crippen MR) is 96.4 cm³/mol. The molecule has 130 valence electrons. The van der Waals surface area contributed by atoms with E-state index in [0.717, 1.165) is 11.3 Å². The fourth-order valence-electron chi connectivity index (χ4n) is 2.19. The summed E-state index contributed by atoms with van der Waals surface area (Å²) in [6.07, 6.45) is 2.99. The molecule has 0 spiro atoms. The lowest BCUT2D eigenvalue weighted by atomic mass is 10.1. The van der Waals surface area contributed by atoms with E-state index in [1.165, 1.54) is 6.20 Å². The Morgan fingerprint density at radius 3 is 2.15 bits per heavy atom. The molecule has 6 heteroatoms. The molecule has 0 radical (unpaired) electrons. The zero-order chi connectivity index (χ0) is 18.2. The fraction of sp³-hybridized carbons (Fsp3) is 0.0500. The number of nitrogens with zero attached hydrogens (tertiary/aromatic N) is 1. The van der Waals surface area contributed by atoms with E-state index in [4.69, 9.17) is 4.74 Å². The molecule has 1 aromatic heterocycles. The van der Waals surface area contributed by atoms with Gasteiger partial charge in [-0.25, -0.2) is 0 Å². The van der Waals surface area contributed by atoms with Crippen molar-refractivity contribution in [3.05, 3.63) is 95.8 Å². The highest BCUT2D eigenvalue weighted by molar-refractivity contribution is 5.98. The number of carbonyl (C=O) groups excluding carboxylic acids is 2.